The molecule has 1 aromatic carbocycles. The Hall–Kier alpha value is -1.28. The van der Waals surface area contributed by atoms with Gasteiger partial charge in [0.25, 0.3) is 0 Å². The van der Waals surface area contributed by atoms with E-state index in [0.29, 0.717) is 12.6 Å². The van der Waals surface area contributed by atoms with Gasteiger partial charge in [0, 0.05) is 18.2 Å². The van der Waals surface area contributed by atoms with Crippen LogP contribution in [0.25, 0.3) is 0 Å². The minimum absolute atomic E-state index is 0.564. The minimum atomic E-state index is 0.564. The molecule has 3 unspecified atom stereocenters. The summed E-state index contributed by atoms with van der Waals surface area (Å²) in [6.07, 6.45) is 5.76. The standard InChI is InChI=1S/C18H27NO/c1-4-12-20-18-9-7-6-8-16(18)13-19-17-11-10-15(5-2)14(17)3/h4,6-9,14-15,17,19H,1,5,10-13H2,2-3H3. The van der Waals surface area contributed by atoms with Crippen LogP contribution < -0.4 is 10.1 Å². The van der Waals surface area contributed by atoms with Gasteiger partial charge >= 0.3 is 0 Å². The topological polar surface area (TPSA) is 21.3 Å². The second kappa shape index (κ2) is 7.49. The first-order chi connectivity index (χ1) is 9.76. The van der Waals surface area contributed by atoms with Crippen molar-refractivity contribution in [3.8, 4) is 5.75 Å². The average molecular weight is 273 g/mol. The second-order valence-electron chi connectivity index (χ2n) is 5.80. The molecule has 1 aliphatic carbocycles. The first kappa shape index (κ1) is 15.1. The van der Waals surface area contributed by atoms with Crippen molar-refractivity contribution < 1.29 is 4.74 Å². The van der Waals surface area contributed by atoms with Gasteiger partial charge in [-0.15, -0.1) is 0 Å². The third kappa shape index (κ3) is 3.63. The van der Waals surface area contributed by atoms with Crippen molar-refractivity contribution in [1.29, 1.82) is 0 Å². The Morgan fingerprint density at radius 1 is 1.35 bits per heavy atom. The van der Waals surface area contributed by atoms with Crippen LogP contribution in [0.4, 0.5) is 0 Å². The van der Waals surface area contributed by atoms with Crippen LogP contribution in [0.3, 0.4) is 0 Å². The van der Waals surface area contributed by atoms with E-state index in [0.717, 1.165) is 24.1 Å². The van der Waals surface area contributed by atoms with Crippen LogP contribution in [0, 0.1) is 11.8 Å². The average Bonchev–Trinajstić information content (AvgIpc) is 2.84. The molecular weight excluding hydrogens is 246 g/mol. The summed E-state index contributed by atoms with van der Waals surface area (Å²) in [4.78, 5) is 0. The maximum Gasteiger partial charge on any atom is 0.124 e. The molecule has 1 saturated carbocycles. The molecular formula is C18H27NO. The summed E-state index contributed by atoms with van der Waals surface area (Å²) in [6.45, 7) is 9.85. The maximum atomic E-state index is 5.71. The highest BCUT2D eigenvalue weighted by atomic mass is 16.5. The summed E-state index contributed by atoms with van der Waals surface area (Å²) in [5.74, 6) is 2.64. The highest BCUT2D eigenvalue weighted by molar-refractivity contribution is 5.33. The van der Waals surface area contributed by atoms with E-state index in [1.165, 1.54) is 24.8 Å². The first-order valence-electron chi connectivity index (χ1n) is 7.81. The highest BCUT2D eigenvalue weighted by Crippen LogP contribution is 2.34. The molecule has 0 spiro atoms. The van der Waals surface area contributed by atoms with E-state index in [2.05, 4.69) is 37.9 Å². The van der Waals surface area contributed by atoms with E-state index in [4.69, 9.17) is 4.74 Å². The van der Waals surface area contributed by atoms with Crippen LogP contribution >= 0.6 is 0 Å². The molecule has 2 nitrogen and oxygen atoms in total. The molecule has 0 aliphatic heterocycles. The molecule has 0 saturated heterocycles. The largest absolute Gasteiger partial charge is 0.489 e. The Morgan fingerprint density at radius 3 is 2.85 bits per heavy atom. The number of nitrogens with one attached hydrogen (secondary N) is 1. The maximum absolute atomic E-state index is 5.71. The van der Waals surface area contributed by atoms with Gasteiger partial charge in [-0.3, -0.25) is 0 Å². The molecule has 1 aliphatic rings. The Balaban J connectivity index is 1.92. The van der Waals surface area contributed by atoms with Gasteiger partial charge in [0.15, 0.2) is 0 Å². The molecule has 1 N–H and O–H groups in total. The van der Waals surface area contributed by atoms with Gasteiger partial charge in [0.2, 0.25) is 0 Å². The van der Waals surface area contributed by atoms with Crippen molar-refractivity contribution in [2.75, 3.05) is 6.61 Å². The van der Waals surface area contributed by atoms with Crippen molar-refractivity contribution >= 4 is 0 Å². The first-order valence-corrected chi connectivity index (χ1v) is 7.81. The van der Waals surface area contributed by atoms with E-state index in [9.17, 15) is 0 Å². The number of ether oxygens (including phenoxy) is 1. The fraction of sp³-hybridized carbons (Fsp3) is 0.556. The van der Waals surface area contributed by atoms with Crippen LogP contribution in [-0.4, -0.2) is 12.6 Å². The Bertz CT molecular complexity index is 429. The van der Waals surface area contributed by atoms with E-state index < -0.39 is 0 Å². The van der Waals surface area contributed by atoms with Gasteiger partial charge < -0.3 is 10.1 Å². The molecule has 110 valence electrons. The monoisotopic (exact) mass is 273 g/mol. The zero-order chi connectivity index (χ0) is 14.4. The Morgan fingerprint density at radius 2 is 2.15 bits per heavy atom. The van der Waals surface area contributed by atoms with Gasteiger partial charge in [-0.05, 0) is 30.7 Å². The second-order valence-corrected chi connectivity index (χ2v) is 5.80. The van der Waals surface area contributed by atoms with Crippen molar-refractivity contribution in [2.45, 2.75) is 45.7 Å². The Kier molecular flexibility index (Phi) is 5.66. The van der Waals surface area contributed by atoms with Crippen LogP contribution in [-0.2, 0) is 6.54 Å². The molecule has 2 heteroatoms. The zero-order valence-corrected chi connectivity index (χ0v) is 12.8. The van der Waals surface area contributed by atoms with Gasteiger partial charge in [-0.1, -0.05) is 51.1 Å². The molecule has 2 rings (SSSR count). The number of hydrogen-bond acceptors (Lipinski definition) is 2. The molecule has 3 atom stereocenters. The lowest BCUT2D eigenvalue weighted by Crippen LogP contribution is -2.32. The smallest absolute Gasteiger partial charge is 0.124 e. The third-order valence-electron chi connectivity index (χ3n) is 4.64. The molecule has 1 aromatic rings. The number of benzene rings is 1. The number of rotatable bonds is 7. The van der Waals surface area contributed by atoms with Crippen molar-refractivity contribution in [1.82, 2.24) is 5.32 Å². The van der Waals surface area contributed by atoms with E-state index in [-0.39, 0.29) is 0 Å². The quantitative estimate of drug-likeness (QED) is 0.753. The number of para-hydroxylation sites is 1. The fourth-order valence-electron chi connectivity index (χ4n) is 3.29. The lowest BCUT2D eigenvalue weighted by atomic mass is 9.93. The van der Waals surface area contributed by atoms with Crippen molar-refractivity contribution in [2.24, 2.45) is 11.8 Å². The van der Waals surface area contributed by atoms with E-state index in [1.807, 2.05) is 12.1 Å². The lowest BCUT2D eigenvalue weighted by molar-refractivity contribution is 0.336. The van der Waals surface area contributed by atoms with Crippen LogP contribution in [0.5, 0.6) is 5.75 Å². The van der Waals surface area contributed by atoms with Crippen LogP contribution in [0.15, 0.2) is 36.9 Å². The Labute approximate surface area is 123 Å². The van der Waals surface area contributed by atoms with E-state index >= 15 is 0 Å². The summed E-state index contributed by atoms with van der Waals surface area (Å²) in [5.41, 5.74) is 1.24. The van der Waals surface area contributed by atoms with Crippen molar-refractivity contribution in [3.63, 3.8) is 0 Å². The van der Waals surface area contributed by atoms with Gasteiger partial charge in [-0.2, -0.15) is 0 Å². The molecule has 0 aromatic heterocycles. The van der Waals surface area contributed by atoms with E-state index in [1.54, 1.807) is 6.08 Å². The fourth-order valence-corrected chi connectivity index (χ4v) is 3.29. The normalized spacial score (nSPS) is 25.6. The third-order valence-corrected chi connectivity index (χ3v) is 4.64. The van der Waals surface area contributed by atoms with Gasteiger partial charge in [0.05, 0.1) is 0 Å². The van der Waals surface area contributed by atoms with Crippen LogP contribution in [0.2, 0.25) is 0 Å². The summed E-state index contributed by atoms with van der Waals surface area (Å²) < 4.78 is 5.71. The lowest BCUT2D eigenvalue weighted by Gasteiger charge is -2.21. The summed E-state index contributed by atoms with van der Waals surface area (Å²) in [5, 5.41) is 3.72. The number of hydrogen-bond donors (Lipinski definition) is 1. The van der Waals surface area contributed by atoms with Crippen LogP contribution in [0.1, 0.15) is 38.7 Å². The molecule has 0 bridgehead atoms. The predicted molar refractivity (Wildman–Crippen MR) is 84.9 cm³/mol. The SMILES string of the molecule is C=CCOc1ccccc1CNC1CCC(CC)C1C. The summed E-state index contributed by atoms with van der Waals surface area (Å²) in [7, 11) is 0. The van der Waals surface area contributed by atoms with Gasteiger partial charge in [0.1, 0.15) is 12.4 Å². The summed E-state index contributed by atoms with van der Waals surface area (Å²) >= 11 is 0. The molecule has 1 fully saturated rings. The highest BCUT2D eigenvalue weighted by Gasteiger charge is 2.30. The summed E-state index contributed by atoms with van der Waals surface area (Å²) in [6, 6.07) is 8.92. The zero-order valence-electron chi connectivity index (χ0n) is 12.8. The molecule has 0 amide bonds. The minimum Gasteiger partial charge on any atom is -0.489 e. The van der Waals surface area contributed by atoms with Gasteiger partial charge in [-0.25, -0.2) is 0 Å². The molecule has 0 radical (unpaired) electrons. The molecule has 20 heavy (non-hydrogen) atoms. The van der Waals surface area contributed by atoms with Crippen molar-refractivity contribution in [3.05, 3.63) is 42.5 Å². The molecule has 0 heterocycles. The predicted octanol–water partition coefficient (Wildman–Crippen LogP) is 4.17.